The van der Waals surface area contributed by atoms with E-state index in [1.165, 1.54) is 5.56 Å². The van der Waals surface area contributed by atoms with Crippen molar-refractivity contribution in [3.8, 4) is 5.75 Å². The third-order valence-electron chi connectivity index (χ3n) is 1.79. The zero-order chi connectivity index (χ0) is 12.7. The molecule has 0 aliphatic carbocycles. The minimum absolute atomic E-state index is 0.0371. The van der Waals surface area contributed by atoms with E-state index < -0.39 is 0 Å². The molecule has 0 amide bonds. The average molecular weight is 277 g/mol. The Balaban J connectivity index is 0.000000673. The number of halogens is 1. The molecule has 0 spiro atoms. The normalized spacial score (nSPS) is 8.75. The van der Waals surface area contributed by atoms with Crippen molar-refractivity contribution in [3.05, 3.63) is 28.8 Å². The Labute approximate surface area is 111 Å². The molecule has 16 heavy (non-hydrogen) atoms. The second-order valence-corrected chi connectivity index (χ2v) is 4.32. The lowest BCUT2D eigenvalue weighted by Gasteiger charge is -2.10. The van der Waals surface area contributed by atoms with Gasteiger partial charge < -0.3 is 9.84 Å². The highest BCUT2D eigenvalue weighted by molar-refractivity contribution is 7.82. The maximum atomic E-state index is 7.26. The average Bonchev–Trinajstić information content (AvgIpc) is 2.12. The molecule has 1 rings (SSSR count). The van der Waals surface area contributed by atoms with E-state index in [0.29, 0.717) is 5.55 Å². The second-order valence-electron chi connectivity index (χ2n) is 3.17. The molecule has 2 nitrogen and oxygen atoms in total. The van der Waals surface area contributed by atoms with Crippen LogP contribution in [-0.2, 0) is 0 Å². The van der Waals surface area contributed by atoms with Crippen molar-refractivity contribution in [3.63, 3.8) is 0 Å². The van der Waals surface area contributed by atoms with Crippen LogP contribution in [0.15, 0.2) is 12.1 Å². The van der Waals surface area contributed by atoms with Crippen LogP contribution in [0.25, 0.3) is 0 Å². The zero-order valence-electron chi connectivity index (χ0n) is 9.28. The lowest BCUT2D eigenvalue weighted by Crippen LogP contribution is -2.00. The first-order chi connectivity index (χ1) is 7.42. The van der Waals surface area contributed by atoms with Crippen LogP contribution >= 0.6 is 36.0 Å². The summed E-state index contributed by atoms with van der Waals surface area (Å²) in [5.74, 6) is 0.769. The summed E-state index contributed by atoms with van der Waals surface area (Å²) in [6, 6.07) is 4.08. The molecule has 0 bridgehead atoms. The van der Waals surface area contributed by atoms with E-state index in [-0.39, 0.29) is 4.51 Å². The first-order valence-corrected chi connectivity index (χ1v) is 5.71. The first kappa shape index (κ1) is 15.3. The van der Waals surface area contributed by atoms with Crippen molar-refractivity contribution >= 4 is 46.1 Å². The van der Waals surface area contributed by atoms with Gasteiger partial charge in [0.15, 0.2) is 0 Å². The lowest BCUT2D eigenvalue weighted by atomic mass is 10.1. The summed E-state index contributed by atoms with van der Waals surface area (Å²) in [6.07, 6.45) is 0. The largest absolute Gasteiger partial charge is 0.504 e. The standard InChI is InChI=1S/C10H11ClOS.CH2OS/c1-6-4-7(2)9(8(3)5-6)12-10(11)13;2-1-3/h4-5H,1-3H3;1H,(H,2,3). The van der Waals surface area contributed by atoms with Gasteiger partial charge in [-0.2, -0.15) is 0 Å². The summed E-state index contributed by atoms with van der Waals surface area (Å²) < 4.78 is 5.26. The van der Waals surface area contributed by atoms with Gasteiger partial charge in [-0.05, 0) is 67.9 Å². The molecule has 0 aromatic heterocycles. The minimum atomic E-state index is 0.0371. The third-order valence-corrected chi connectivity index (χ3v) is 1.95. The van der Waals surface area contributed by atoms with E-state index in [1.54, 1.807) is 0 Å². The molecule has 0 fully saturated rings. The zero-order valence-corrected chi connectivity index (χ0v) is 11.7. The Bertz CT molecular complexity index is 369. The van der Waals surface area contributed by atoms with Crippen molar-refractivity contribution in [2.45, 2.75) is 20.8 Å². The van der Waals surface area contributed by atoms with Gasteiger partial charge in [0, 0.05) is 0 Å². The molecule has 0 saturated heterocycles. The van der Waals surface area contributed by atoms with Crippen molar-refractivity contribution in [2.24, 2.45) is 0 Å². The summed E-state index contributed by atoms with van der Waals surface area (Å²) in [7, 11) is 0. The summed E-state index contributed by atoms with van der Waals surface area (Å²) in [4.78, 5) is 0. The molecule has 1 N–H and O–H groups in total. The van der Waals surface area contributed by atoms with Crippen molar-refractivity contribution < 1.29 is 9.84 Å². The number of rotatable bonds is 1. The number of aliphatic hydroxyl groups is 1. The fourth-order valence-corrected chi connectivity index (χ4v) is 1.57. The highest BCUT2D eigenvalue weighted by atomic mass is 35.5. The Morgan fingerprint density at radius 2 is 1.69 bits per heavy atom. The highest BCUT2D eigenvalue weighted by Crippen LogP contribution is 2.25. The molecule has 1 aromatic rings. The predicted octanol–water partition coefficient (Wildman–Crippen LogP) is 4.02. The SMILES string of the molecule is Cc1cc(C)c(OC(=S)Cl)c(C)c1.OC=S. The van der Waals surface area contributed by atoms with Gasteiger partial charge in [-0.3, -0.25) is 0 Å². The number of ether oxygens (including phenoxy) is 1. The monoisotopic (exact) mass is 276 g/mol. The number of hydrogen-bond donors (Lipinski definition) is 1. The molecular formula is C11H13ClO2S2. The second kappa shape index (κ2) is 7.54. The smallest absolute Gasteiger partial charge is 0.260 e. The Kier molecular flexibility index (Phi) is 7.21. The summed E-state index contributed by atoms with van der Waals surface area (Å²) in [5.41, 5.74) is 3.91. The lowest BCUT2D eigenvalue weighted by molar-refractivity contribution is 0.567. The van der Waals surface area contributed by atoms with Crippen LogP contribution in [0.4, 0.5) is 0 Å². The van der Waals surface area contributed by atoms with Crippen LogP contribution in [0.2, 0.25) is 0 Å². The van der Waals surface area contributed by atoms with Crippen molar-refractivity contribution in [1.82, 2.24) is 0 Å². The number of hydrogen-bond acceptors (Lipinski definition) is 3. The molecular weight excluding hydrogens is 264 g/mol. The molecule has 0 aliphatic rings. The molecule has 88 valence electrons. The van der Waals surface area contributed by atoms with Gasteiger partial charge in [0.05, 0.1) is 0 Å². The van der Waals surface area contributed by atoms with Crippen molar-refractivity contribution in [2.75, 3.05) is 0 Å². The number of thiocarbonyl (C=S) groups is 2. The molecule has 0 saturated carbocycles. The fourth-order valence-electron chi connectivity index (χ4n) is 1.41. The van der Waals surface area contributed by atoms with Crippen LogP contribution in [0.5, 0.6) is 5.75 Å². The molecule has 5 heteroatoms. The van der Waals surface area contributed by atoms with Crippen LogP contribution in [0.3, 0.4) is 0 Å². The fraction of sp³-hybridized carbons (Fsp3) is 0.273. The van der Waals surface area contributed by atoms with Gasteiger partial charge >= 0.3 is 0 Å². The quantitative estimate of drug-likeness (QED) is 0.620. The molecule has 0 aliphatic heterocycles. The Morgan fingerprint density at radius 3 is 2.00 bits per heavy atom. The van der Waals surface area contributed by atoms with Crippen LogP contribution < -0.4 is 4.74 Å². The topological polar surface area (TPSA) is 29.5 Å². The third kappa shape index (κ3) is 5.39. The van der Waals surface area contributed by atoms with E-state index in [1.807, 2.05) is 32.9 Å². The first-order valence-electron chi connectivity index (χ1n) is 4.45. The summed E-state index contributed by atoms with van der Waals surface area (Å²) >= 11 is 14.0. The minimum Gasteiger partial charge on any atom is -0.504 e. The number of aryl methyl sites for hydroxylation is 3. The van der Waals surface area contributed by atoms with Gasteiger partial charge in [0.2, 0.25) is 0 Å². The Morgan fingerprint density at radius 1 is 1.31 bits per heavy atom. The van der Waals surface area contributed by atoms with E-state index in [9.17, 15) is 0 Å². The van der Waals surface area contributed by atoms with Crippen LogP contribution in [-0.4, -0.2) is 15.2 Å². The predicted molar refractivity (Wildman–Crippen MR) is 76.0 cm³/mol. The summed E-state index contributed by atoms with van der Waals surface area (Å²) in [6.45, 7) is 6.00. The van der Waals surface area contributed by atoms with E-state index in [4.69, 9.17) is 21.4 Å². The van der Waals surface area contributed by atoms with E-state index in [0.717, 1.165) is 16.9 Å². The molecule has 1 aromatic carbocycles. The van der Waals surface area contributed by atoms with Gasteiger partial charge in [0.1, 0.15) is 11.3 Å². The number of aliphatic hydroxyl groups excluding tert-OH is 1. The highest BCUT2D eigenvalue weighted by Gasteiger charge is 2.06. The van der Waals surface area contributed by atoms with Crippen LogP contribution in [0, 0.1) is 20.8 Å². The van der Waals surface area contributed by atoms with Gasteiger partial charge in [-0.25, -0.2) is 0 Å². The molecule has 0 radical (unpaired) electrons. The van der Waals surface area contributed by atoms with Gasteiger partial charge in [0.25, 0.3) is 4.51 Å². The molecule has 0 atom stereocenters. The number of benzene rings is 1. The maximum Gasteiger partial charge on any atom is 0.260 e. The Hall–Kier alpha value is -0.710. The van der Waals surface area contributed by atoms with E-state index in [2.05, 4.69) is 24.4 Å². The maximum absolute atomic E-state index is 7.26. The van der Waals surface area contributed by atoms with Gasteiger partial charge in [-0.15, -0.1) is 0 Å². The molecule has 0 heterocycles. The van der Waals surface area contributed by atoms with E-state index >= 15 is 0 Å². The van der Waals surface area contributed by atoms with Crippen LogP contribution in [0.1, 0.15) is 16.7 Å². The molecule has 0 unspecified atom stereocenters. The van der Waals surface area contributed by atoms with Gasteiger partial charge in [-0.1, -0.05) is 17.7 Å². The summed E-state index contributed by atoms with van der Waals surface area (Å²) in [5, 5.41) is 7.26. The van der Waals surface area contributed by atoms with Crippen molar-refractivity contribution in [1.29, 1.82) is 0 Å².